The molecule has 3 N–H and O–H groups in total. The molecule has 4 heteroatoms. The second-order valence-corrected chi connectivity index (χ2v) is 7.68. The van der Waals surface area contributed by atoms with Crippen molar-refractivity contribution < 1.29 is 9.90 Å². The zero-order chi connectivity index (χ0) is 16.3. The molecule has 0 bridgehead atoms. The summed E-state index contributed by atoms with van der Waals surface area (Å²) in [5.74, 6) is 0.413. The normalized spacial score (nSPS) is 25.7. The molecule has 2 aliphatic carbocycles. The standard InChI is InChI=1S/C19H28N2O2/c1-19(10-15-6-2-3-7-16(15)11-19)13-21-18(23)20-12-14-5-4-8-17(22)9-14/h2-3,6-7,14,17,22H,4-5,8-13H2,1H3,(H2,20,21,23)/t14-,17+/m1/s1. The maximum Gasteiger partial charge on any atom is 0.314 e. The Morgan fingerprint density at radius 3 is 2.57 bits per heavy atom. The molecule has 0 unspecified atom stereocenters. The van der Waals surface area contributed by atoms with Gasteiger partial charge in [-0.1, -0.05) is 37.6 Å². The lowest BCUT2D eigenvalue weighted by atomic mass is 9.87. The van der Waals surface area contributed by atoms with Crippen LogP contribution >= 0.6 is 0 Å². The Morgan fingerprint density at radius 1 is 1.22 bits per heavy atom. The van der Waals surface area contributed by atoms with E-state index >= 15 is 0 Å². The number of amides is 2. The van der Waals surface area contributed by atoms with E-state index in [0.717, 1.165) is 38.5 Å². The van der Waals surface area contributed by atoms with Crippen LogP contribution in [0.15, 0.2) is 24.3 Å². The summed E-state index contributed by atoms with van der Waals surface area (Å²) in [6, 6.07) is 8.47. The second-order valence-electron chi connectivity index (χ2n) is 7.68. The van der Waals surface area contributed by atoms with Crippen molar-refractivity contribution in [1.82, 2.24) is 10.6 Å². The predicted octanol–water partition coefficient (Wildman–Crippen LogP) is 2.64. The van der Waals surface area contributed by atoms with E-state index in [-0.39, 0.29) is 17.6 Å². The Bertz CT molecular complexity index is 533. The minimum absolute atomic E-state index is 0.0813. The smallest absolute Gasteiger partial charge is 0.314 e. The molecule has 1 aromatic rings. The van der Waals surface area contributed by atoms with Gasteiger partial charge in [-0.05, 0) is 54.6 Å². The Hall–Kier alpha value is -1.55. The van der Waals surface area contributed by atoms with E-state index in [1.165, 1.54) is 11.1 Å². The first-order chi connectivity index (χ1) is 11.0. The van der Waals surface area contributed by atoms with Crippen molar-refractivity contribution in [2.24, 2.45) is 11.3 Å². The third-order valence-corrected chi connectivity index (χ3v) is 5.33. The van der Waals surface area contributed by atoms with E-state index in [4.69, 9.17) is 0 Å². The highest BCUT2D eigenvalue weighted by atomic mass is 16.3. The highest BCUT2D eigenvalue weighted by molar-refractivity contribution is 5.73. The number of benzene rings is 1. The fourth-order valence-corrected chi connectivity index (χ4v) is 4.05. The number of carbonyl (C=O) groups is 1. The molecular formula is C19H28N2O2. The van der Waals surface area contributed by atoms with Gasteiger partial charge in [-0.3, -0.25) is 0 Å². The largest absolute Gasteiger partial charge is 0.393 e. The lowest BCUT2D eigenvalue weighted by Gasteiger charge is -2.27. The summed E-state index contributed by atoms with van der Waals surface area (Å²) in [5, 5.41) is 15.7. The molecule has 126 valence electrons. The molecule has 0 saturated heterocycles. The van der Waals surface area contributed by atoms with Crippen molar-refractivity contribution in [3.63, 3.8) is 0 Å². The highest BCUT2D eigenvalue weighted by Crippen LogP contribution is 2.35. The van der Waals surface area contributed by atoms with Crippen LogP contribution in [0.3, 0.4) is 0 Å². The minimum atomic E-state index is -0.186. The number of aliphatic hydroxyl groups is 1. The molecule has 2 atom stereocenters. The van der Waals surface area contributed by atoms with Gasteiger partial charge in [0.15, 0.2) is 0 Å². The number of urea groups is 1. The fourth-order valence-electron chi connectivity index (χ4n) is 4.05. The summed E-state index contributed by atoms with van der Waals surface area (Å²) in [4.78, 5) is 12.1. The van der Waals surface area contributed by atoms with E-state index in [1.807, 2.05) is 0 Å². The van der Waals surface area contributed by atoms with Crippen molar-refractivity contribution in [2.75, 3.05) is 13.1 Å². The average Bonchev–Trinajstić information content (AvgIpc) is 2.88. The van der Waals surface area contributed by atoms with Crippen molar-refractivity contribution in [2.45, 2.75) is 51.6 Å². The second kappa shape index (κ2) is 6.91. The number of nitrogens with one attached hydrogen (secondary N) is 2. The summed E-state index contributed by atoms with van der Waals surface area (Å²) < 4.78 is 0. The van der Waals surface area contributed by atoms with E-state index in [0.29, 0.717) is 19.0 Å². The van der Waals surface area contributed by atoms with Gasteiger partial charge >= 0.3 is 6.03 Å². The summed E-state index contributed by atoms with van der Waals surface area (Å²) in [7, 11) is 0. The van der Waals surface area contributed by atoms with Crippen LogP contribution in [-0.2, 0) is 12.8 Å². The van der Waals surface area contributed by atoms with Crippen molar-refractivity contribution in [3.8, 4) is 0 Å². The fraction of sp³-hybridized carbons (Fsp3) is 0.632. The van der Waals surface area contributed by atoms with Crippen LogP contribution < -0.4 is 10.6 Å². The zero-order valence-corrected chi connectivity index (χ0v) is 14.0. The van der Waals surface area contributed by atoms with Gasteiger partial charge < -0.3 is 15.7 Å². The molecular weight excluding hydrogens is 288 g/mol. The molecule has 0 aromatic heterocycles. The van der Waals surface area contributed by atoms with Gasteiger partial charge in [-0.15, -0.1) is 0 Å². The molecule has 0 radical (unpaired) electrons. The number of hydrogen-bond donors (Lipinski definition) is 3. The van der Waals surface area contributed by atoms with Crippen LogP contribution in [0.25, 0.3) is 0 Å². The quantitative estimate of drug-likeness (QED) is 0.800. The van der Waals surface area contributed by atoms with Crippen LogP contribution in [0.1, 0.15) is 43.7 Å². The molecule has 3 rings (SSSR count). The van der Waals surface area contributed by atoms with Crippen molar-refractivity contribution in [3.05, 3.63) is 35.4 Å². The Morgan fingerprint density at radius 2 is 1.91 bits per heavy atom. The molecule has 0 spiro atoms. The van der Waals surface area contributed by atoms with Crippen LogP contribution in [0.2, 0.25) is 0 Å². The van der Waals surface area contributed by atoms with Gasteiger partial charge in [0.05, 0.1) is 6.10 Å². The Balaban J connectivity index is 1.41. The Kier molecular flexibility index (Phi) is 4.90. The van der Waals surface area contributed by atoms with Gasteiger partial charge in [-0.2, -0.15) is 0 Å². The maximum atomic E-state index is 12.1. The lowest BCUT2D eigenvalue weighted by molar-refractivity contribution is 0.101. The van der Waals surface area contributed by atoms with E-state index < -0.39 is 0 Å². The number of carbonyl (C=O) groups excluding carboxylic acids is 1. The molecule has 1 saturated carbocycles. The van der Waals surface area contributed by atoms with Crippen molar-refractivity contribution in [1.29, 1.82) is 0 Å². The molecule has 0 heterocycles. The lowest BCUT2D eigenvalue weighted by Crippen LogP contribution is -2.44. The summed E-state index contributed by atoms with van der Waals surface area (Å²) in [5.41, 5.74) is 2.93. The molecule has 4 nitrogen and oxygen atoms in total. The molecule has 0 aliphatic heterocycles. The zero-order valence-electron chi connectivity index (χ0n) is 14.0. The van der Waals surface area contributed by atoms with Gasteiger partial charge in [0.2, 0.25) is 0 Å². The topological polar surface area (TPSA) is 61.4 Å². The number of hydrogen-bond acceptors (Lipinski definition) is 2. The van der Waals surface area contributed by atoms with E-state index in [2.05, 4.69) is 41.8 Å². The van der Waals surface area contributed by atoms with Gasteiger partial charge in [0, 0.05) is 13.1 Å². The number of fused-ring (bicyclic) bond motifs is 1. The molecule has 1 fully saturated rings. The van der Waals surface area contributed by atoms with Gasteiger partial charge in [0.25, 0.3) is 0 Å². The first-order valence-corrected chi connectivity index (χ1v) is 8.81. The average molecular weight is 316 g/mol. The molecule has 2 amide bonds. The summed E-state index contributed by atoms with van der Waals surface area (Å²) >= 11 is 0. The first kappa shape index (κ1) is 16.3. The number of aliphatic hydroxyl groups excluding tert-OH is 1. The highest BCUT2D eigenvalue weighted by Gasteiger charge is 2.32. The van der Waals surface area contributed by atoms with Crippen molar-refractivity contribution >= 4 is 6.03 Å². The first-order valence-electron chi connectivity index (χ1n) is 8.81. The summed E-state index contributed by atoms with van der Waals surface area (Å²) in [6.45, 7) is 3.60. The third-order valence-electron chi connectivity index (χ3n) is 5.33. The van der Waals surface area contributed by atoms with E-state index in [1.54, 1.807) is 0 Å². The van der Waals surface area contributed by atoms with Crippen LogP contribution in [0.5, 0.6) is 0 Å². The number of rotatable bonds is 4. The SMILES string of the molecule is CC1(CNC(=O)NC[C@@H]2CCC[C@H](O)C2)Cc2ccccc2C1. The molecule has 1 aromatic carbocycles. The predicted molar refractivity (Wildman–Crippen MR) is 91.3 cm³/mol. The van der Waals surface area contributed by atoms with Crippen LogP contribution in [0, 0.1) is 11.3 Å². The third kappa shape index (κ3) is 4.25. The monoisotopic (exact) mass is 316 g/mol. The molecule has 23 heavy (non-hydrogen) atoms. The molecule has 2 aliphatic rings. The van der Waals surface area contributed by atoms with Gasteiger partial charge in [-0.25, -0.2) is 4.79 Å². The van der Waals surface area contributed by atoms with Gasteiger partial charge in [0.1, 0.15) is 0 Å². The van der Waals surface area contributed by atoms with Crippen LogP contribution in [-0.4, -0.2) is 30.3 Å². The van der Waals surface area contributed by atoms with E-state index in [9.17, 15) is 9.90 Å². The Labute approximate surface area is 138 Å². The maximum absolute atomic E-state index is 12.1. The summed E-state index contributed by atoms with van der Waals surface area (Å²) in [6.07, 6.45) is 5.75. The van der Waals surface area contributed by atoms with Crippen LogP contribution in [0.4, 0.5) is 4.79 Å². The minimum Gasteiger partial charge on any atom is -0.393 e.